The highest BCUT2D eigenvalue weighted by Gasteiger charge is 2.47. The fourth-order valence-corrected chi connectivity index (χ4v) is 2.41. The van der Waals surface area contributed by atoms with Gasteiger partial charge in [0, 0.05) is 30.7 Å². The topological polar surface area (TPSA) is 83.3 Å². The summed E-state index contributed by atoms with van der Waals surface area (Å²) >= 11 is 0. The zero-order valence-corrected chi connectivity index (χ0v) is 14.4. The molecule has 2 heterocycles. The van der Waals surface area contributed by atoms with E-state index in [1.807, 2.05) is 0 Å². The Bertz CT molecular complexity index is 846. The van der Waals surface area contributed by atoms with Gasteiger partial charge in [0.1, 0.15) is 0 Å². The molecule has 7 nitrogen and oxygen atoms in total. The van der Waals surface area contributed by atoms with Crippen LogP contribution >= 0.6 is 0 Å². The Morgan fingerprint density at radius 2 is 1.73 bits per heavy atom. The molecule has 1 atom stereocenters. The van der Waals surface area contributed by atoms with Crippen molar-refractivity contribution in [1.82, 2.24) is 14.8 Å². The molecule has 2 aromatic rings. The second kappa shape index (κ2) is 7.14. The van der Waals surface area contributed by atoms with Crippen molar-refractivity contribution in [2.75, 3.05) is 7.11 Å². The maximum absolute atomic E-state index is 13.5. The number of methoxy groups -OCH3 is 1. The van der Waals surface area contributed by atoms with E-state index in [-0.39, 0.29) is 28.1 Å². The quantitative estimate of drug-likeness (QED) is 0.769. The molecule has 2 rings (SSSR count). The Balaban J connectivity index is 2.38. The summed E-state index contributed by atoms with van der Waals surface area (Å²) in [6.45, 7) is 2.84. The molecular weight excluding hydrogens is 355 g/mol. The molecule has 0 saturated carbocycles. The number of halogens is 3. The smallest absolute Gasteiger partial charge is 0.430 e. The van der Waals surface area contributed by atoms with Crippen LogP contribution in [0.5, 0.6) is 0 Å². The zero-order chi connectivity index (χ0) is 19.6. The second-order valence-corrected chi connectivity index (χ2v) is 5.49. The van der Waals surface area contributed by atoms with Crippen LogP contribution in [0, 0.1) is 13.8 Å². The summed E-state index contributed by atoms with van der Waals surface area (Å²) in [5.74, 6) is -2.05. The van der Waals surface area contributed by atoms with Crippen molar-refractivity contribution in [2.24, 2.45) is 7.05 Å². The van der Waals surface area contributed by atoms with E-state index in [2.05, 4.69) is 14.8 Å². The largest absolute Gasteiger partial charge is 0.465 e. The van der Waals surface area contributed by atoms with Crippen LogP contribution in [0.1, 0.15) is 43.8 Å². The lowest BCUT2D eigenvalue weighted by Crippen LogP contribution is -2.27. The van der Waals surface area contributed by atoms with Gasteiger partial charge in [-0.2, -0.15) is 18.3 Å². The number of carbonyl (C=O) groups is 2. The molecule has 10 heteroatoms. The van der Waals surface area contributed by atoms with Crippen LogP contribution in [0.15, 0.2) is 18.5 Å². The molecule has 0 radical (unpaired) electrons. The van der Waals surface area contributed by atoms with Crippen molar-refractivity contribution in [1.29, 1.82) is 0 Å². The third-order valence-electron chi connectivity index (χ3n) is 3.74. The molecule has 0 aromatic carbocycles. The number of hydrogen-bond acceptors (Lipinski definition) is 6. The van der Waals surface area contributed by atoms with Crippen LogP contribution in [0.25, 0.3) is 0 Å². The van der Waals surface area contributed by atoms with Gasteiger partial charge in [-0.25, -0.2) is 9.59 Å². The lowest BCUT2D eigenvalue weighted by atomic mass is 10.1. The molecule has 0 spiro atoms. The Hall–Kier alpha value is -2.91. The van der Waals surface area contributed by atoms with Gasteiger partial charge >= 0.3 is 18.1 Å². The maximum atomic E-state index is 13.5. The van der Waals surface area contributed by atoms with Crippen LogP contribution < -0.4 is 0 Å². The predicted molar refractivity (Wildman–Crippen MR) is 82.5 cm³/mol. The molecule has 0 unspecified atom stereocenters. The zero-order valence-electron chi connectivity index (χ0n) is 14.4. The number of carbonyl (C=O) groups excluding carboxylic acids is 2. The minimum Gasteiger partial charge on any atom is -0.465 e. The number of aromatic nitrogens is 3. The van der Waals surface area contributed by atoms with Crippen molar-refractivity contribution in [3.63, 3.8) is 0 Å². The monoisotopic (exact) mass is 371 g/mol. The fourth-order valence-electron chi connectivity index (χ4n) is 2.41. The number of ether oxygens (including phenoxy) is 2. The van der Waals surface area contributed by atoms with E-state index in [4.69, 9.17) is 4.74 Å². The molecule has 26 heavy (non-hydrogen) atoms. The summed E-state index contributed by atoms with van der Waals surface area (Å²) in [5.41, 5.74) is -0.299. The molecule has 0 N–H and O–H groups in total. The van der Waals surface area contributed by atoms with Crippen LogP contribution in [0.3, 0.4) is 0 Å². The van der Waals surface area contributed by atoms with E-state index in [9.17, 15) is 22.8 Å². The van der Waals surface area contributed by atoms with Gasteiger partial charge in [-0.15, -0.1) is 0 Å². The first-order valence-corrected chi connectivity index (χ1v) is 7.37. The summed E-state index contributed by atoms with van der Waals surface area (Å²) in [4.78, 5) is 27.4. The van der Waals surface area contributed by atoms with Gasteiger partial charge in [0.05, 0.1) is 23.9 Å². The molecule has 0 aliphatic heterocycles. The summed E-state index contributed by atoms with van der Waals surface area (Å²) in [6, 6.07) is 1.05. The predicted octanol–water partition coefficient (Wildman–Crippen LogP) is 2.68. The standard InChI is InChI=1S/C16H16F3N3O4/c1-8-12(9(2)22(3)21-8)13(16(17,18)19)26-15(24)11-5-10(6-20-7-11)14(23)25-4/h5-7,13H,1-4H3/t13-/m1/s1. The molecular formula is C16H16F3N3O4. The molecule has 0 aliphatic rings. The van der Waals surface area contributed by atoms with Gasteiger partial charge in [0.25, 0.3) is 0 Å². The van der Waals surface area contributed by atoms with Gasteiger partial charge in [0.2, 0.25) is 6.10 Å². The number of nitrogens with zero attached hydrogens (tertiary/aromatic N) is 3. The molecule has 0 amide bonds. The first kappa shape index (κ1) is 19.4. The molecule has 0 aliphatic carbocycles. The lowest BCUT2D eigenvalue weighted by molar-refractivity contribution is -0.207. The molecule has 140 valence electrons. The van der Waals surface area contributed by atoms with Crippen LogP contribution in [0.2, 0.25) is 0 Å². The van der Waals surface area contributed by atoms with E-state index in [0.29, 0.717) is 0 Å². The van der Waals surface area contributed by atoms with Gasteiger partial charge in [-0.3, -0.25) is 9.67 Å². The van der Waals surface area contributed by atoms with Crippen LogP contribution in [-0.2, 0) is 16.5 Å². The van der Waals surface area contributed by atoms with E-state index in [1.54, 1.807) is 0 Å². The number of pyridine rings is 1. The highest BCUT2D eigenvalue weighted by atomic mass is 19.4. The molecule has 2 aromatic heterocycles. The number of rotatable bonds is 4. The van der Waals surface area contributed by atoms with E-state index in [1.165, 1.54) is 25.6 Å². The highest BCUT2D eigenvalue weighted by molar-refractivity contribution is 5.94. The highest BCUT2D eigenvalue weighted by Crippen LogP contribution is 2.39. The third kappa shape index (κ3) is 3.84. The van der Waals surface area contributed by atoms with E-state index in [0.717, 1.165) is 25.6 Å². The second-order valence-electron chi connectivity index (χ2n) is 5.49. The Kier molecular flexibility index (Phi) is 5.33. The molecule has 0 saturated heterocycles. The summed E-state index contributed by atoms with van der Waals surface area (Å²) in [6.07, 6.45) is -5.21. The average Bonchev–Trinajstić information content (AvgIpc) is 2.83. The summed E-state index contributed by atoms with van der Waals surface area (Å²) in [7, 11) is 2.62. The number of esters is 2. The average molecular weight is 371 g/mol. The SMILES string of the molecule is COC(=O)c1cncc(C(=O)O[C@H](c2c(C)nn(C)c2C)C(F)(F)F)c1. The number of hydrogen-bond donors (Lipinski definition) is 0. The van der Waals surface area contributed by atoms with Gasteiger partial charge in [-0.05, 0) is 19.9 Å². The Labute approximate surface area is 146 Å². The minimum absolute atomic E-state index is 0.0840. The van der Waals surface area contributed by atoms with Gasteiger partial charge in [0.15, 0.2) is 0 Å². The van der Waals surface area contributed by atoms with Crippen LogP contribution in [0.4, 0.5) is 13.2 Å². The summed E-state index contributed by atoms with van der Waals surface area (Å²) in [5, 5.41) is 3.93. The minimum atomic E-state index is -4.85. The summed E-state index contributed by atoms with van der Waals surface area (Å²) < 4.78 is 51.0. The van der Waals surface area contributed by atoms with Crippen molar-refractivity contribution < 1.29 is 32.2 Å². The fraction of sp³-hybridized carbons (Fsp3) is 0.375. The number of aryl methyl sites for hydroxylation is 2. The lowest BCUT2D eigenvalue weighted by Gasteiger charge is -2.21. The van der Waals surface area contributed by atoms with Crippen LogP contribution in [-0.4, -0.2) is 40.0 Å². The molecule has 0 fully saturated rings. The third-order valence-corrected chi connectivity index (χ3v) is 3.74. The van der Waals surface area contributed by atoms with Gasteiger partial charge < -0.3 is 9.47 Å². The first-order valence-electron chi connectivity index (χ1n) is 7.37. The van der Waals surface area contributed by atoms with E-state index >= 15 is 0 Å². The van der Waals surface area contributed by atoms with Crippen molar-refractivity contribution >= 4 is 11.9 Å². The van der Waals surface area contributed by atoms with E-state index < -0.39 is 24.2 Å². The molecule has 0 bridgehead atoms. The van der Waals surface area contributed by atoms with Crippen molar-refractivity contribution in [3.8, 4) is 0 Å². The first-order chi connectivity index (χ1) is 12.1. The van der Waals surface area contributed by atoms with Crippen molar-refractivity contribution in [3.05, 3.63) is 46.5 Å². The Morgan fingerprint density at radius 1 is 1.15 bits per heavy atom. The van der Waals surface area contributed by atoms with Crippen molar-refractivity contribution in [2.45, 2.75) is 26.1 Å². The van der Waals surface area contributed by atoms with Gasteiger partial charge in [-0.1, -0.05) is 0 Å². The Morgan fingerprint density at radius 3 is 2.19 bits per heavy atom. The maximum Gasteiger partial charge on any atom is 0.430 e. The normalized spacial score (nSPS) is 12.6. The number of alkyl halides is 3.